The molecule has 0 aromatic carbocycles. The predicted molar refractivity (Wildman–Crippen MR) is 76.7 cm³/mol. The lowest BCUT2D eigenvalue weighted by Crippen LogP contribution is -2.22. The average Bonchev–Trinajstić information content (AvgIpc) is 3.01. The van der Waals surface area contributed by atoms with Gasteiger partial charge < -0.3 is 10.2 Å². The molecule has 2 aromatic rings. The van der Waals surface area contributed by atoms with Crippen LogP contribution in [-0.4, -0.2) is 45.7 Å². The Morgan fingerprint density at radius 1 is 1.47 bits per heavy atom. The Morgan fingerprint density at radius 3 is 3.16 bits per heavy atom. The van der Waals surface area contributed by atoms with Crippen molar-refractivity contribution in [3.8, 4) is 0 Å². The number of pyridine rings is 1. The molecule has 0 radical (unpaired) electrons. The summed E-state index contributed by atoms with van der Waals surface area (Å²) < 4.78 is 1.71. The molecule has 0 amide bonds. The van der Waals surface area contributed by atoms with Gasteiger partial charge in [-0.2, -0.15) is 4.98 Å². The average molecular weight is 280 g/mol. The van der Waals surface area contributed by atoms with Crippen LogP contribution in [0, 0.1) is 5.92 Å². The summed E-state index contributed by atoms with van der Waals surface area (Å²) in [7, 11) is 0. The molecule has 1 N–H and O–H groups in total. The van der Waals surface area contributed by atoms with Gasteiger partial charge in [0.1, 0.15) is 0 Å². The summed E-state index contributed by atoms with van der Waals surface area (Å²) in [5.74, 6) is 1.37. The maximum atomic E-state index is 5.93. The molecule has 19 heavy (non-hydrogen) atoms. The van der Waals surface area contributed by atoms with Gasteiger partial charge in [-0.3, -0.25) is 0 Å². The number of nitrogens with zero attached hydrogens (tertiary/aromatic N) is 4. The minimum Gasteiger partial charge on any atom is -0.353 e. The van der Waals surface area contributed by atoms with Crippen molar-refractivity contribution < 1.29 is 0 Å². The Kier molecular flexibility index (Phi) is 3.57. The Balaban J connectivity index is 1.62. The van der Waals surface area contributed by atoms with E-state index in [0.717, 1.165) is 18.7 Å². The first-order valence-corrected chi connectivity index (χ1v) is 7.10. The molecule has 102 valence electrons. The number of aromatic nitrogens is 3. The van der Waals surface area contributed by atoms with Crippen molar-refractivity contribution in [2.45, 2.75) is 13.3 Å². The Morgan fingerprint density at radius 2 is 2.37 bits per heavy atom. The van der Waals surface area contributed by atoms with E-state index in [9.17, 15) is 0 Å². The highest BCUT2D eigenvalue weighted by molar-refractivity contribution is 6.30. The van der Waals surface area contributed by atoms with Crippen LogP contribution in [0.4, 0.5) is 5.95 Å². The quantitative estimate of drug-likeness (QED) is 0.931. The van der Waals surface area contributed by atoms with Gasteiger partial charge >= 0.3 is 0 Å². The van der Waals surface area contributed by atoms with E-state index in [4.69, 9.17) is 11.6 Å². The number of nitrogens with one attached hydrogen (secondary N) is 1. The van der Waals surface area contributed by atoms with Crippen LogP contribution in [0.2, 0.25) is 5.02 Å². The molecule has 1 atom stereocenters. The molecular weight excluding hydrogens is 262 g/mol. The van der Waals surface area contributed by atoms with Crippen molar-refractivity contribution in [3.63, 3.8) is 0 Å². The Bertz CT molecular complexity index is 567. The van der Waals surface area contributed by atoms with Gasteiger partial charge in [-0.05, 0) is 37.6 Å². The number of hydrogen-bond acceptors (Lipinski definition) is 4. The molecule has 3 rings (SSSR count). The van der Waals surface area contributed by atoms with Crippen LogP contribution in [0.25, 0.3) is 5.65 Å². The third kappa shape index (κ3) is 2.82. The Labute approximate surface area is 117 Å². The van der Waals surface area contributed by atoms with Crippen LogP contribution in [0.15, 0.2) is 18.3 Å². The van der Waals surface area contributed by atoms with E-state index >= 15 is 0 Å². The molecule has 0 spiro atoms. The van der Waals surface area contributed by atoms with E-state index in [-0.39, 0.29) is 0 Å². The summed E-state index contributed by atoms with van der Waals surface area (Å²) >= 11 is 5.93. The summed E-state index contributed by atoms with van der Waals surface area (Å²) in [6.07, 6.45) is 3.02. The maximum absolute atomic E-state index is 5.93. The Hall–Kier alpha value is -1.33. The summed E-state index contributed by atoms with van der Waals surface area (Å²) in [6, 6.07) is 3.69. The fourth-order valence-corrected chi connectivity index (χ4v) is 2.69. The van der Waals surface area contributed by atoms with Gasteiger partial charge in [0.15, 0.2) is 5.65 Å². The van der Waals surface area contributed by atoms with Crippen molar-refractivity contribution in [1.29, 1.82) is 0 Å². The number of rotatable bonds is 4. The van der Waals surface area contributed by atoms with Gasteiger partial charge in [0.05, 0.1) is 5.02 Å². The number of anilines is 1. The van der Waals surface area contributed by atoms with Crippen LogP contribution >= 0.6 is 11.6 Å². The minimum absolute atomic E-state index is 0.665. The van der Waals surface area contributed by atoms with Crippen molar-refractivity contribution in [1.82, 2.24) is 19.5 Å². The SMILES string of the molecule is CCN1CCC(CNc2nc3ccc(Cl)cn3n2)C1. The highest BCUT2D eigenvalue weighted by atomic mass is 35.5. The first-order valence-electron chi connectivity index (χ1n) is 6.73. The molecule has 3 heterocycles. The topological polar surface area (TPSA) is 45.5 Å². The molecule has 5 nitrogen and oxygen atoms in total. The molecule has 1 aliphatic rings. The molecule has 2 aromatic heterocycles. The minimum atomic E-state index is 0.665. The molecule has 0 aliphatic carbocycles. The molecule has 1 saturated heterocycles. The zero-order valence-corrected chi connectivity index (χ0v) is 11.8. The lowest BCUT2D eigenvalue weighted by molar-refractivity contribution is 0.345. The van der Waals surface area contributed by atoms with Crippen molar-refractivity contribution in [2.24, 2.45) is 5.92 Å². The van der Waals surface area contributed by atoms with E-state index in [1.165, 1.54) is 19.5 Å². The second-order valence-electron chi connectivity index (χ2n) is 5.01. The van der Waals surface area contributed by atoms with E-state index in [1.807, 2.05) is 12.1 Å². The molecule has 6 heteroatoms. The third-order valence-electron chi connectivity index (χ3n) is 3.66. The fraction of sp³-hybridized carbons (Fsp3) is 0.538. The van der Waals surface area contributed by atoms with Gasteiger partial charge in [-0.15, -0.1) is 5.10 Å². The first-order chi connectivity index (χ1) is 9.24. The van der Waals surface area contributed by atoms with Crippen LogP contribution in [-0.2, 0) is 0 Å². The summed E-state index contributed by atoms with van der Waals surface area (Å²) in [5.41, 5.74) is 0.813. The van der Waals surface area contributed by atoms with Gasteiger partial charge in [-0.1, -0.05) is 18.5 Å². The van der Waals surface area contributed by atoms with Gasteiger partial charge in [0, 0.05) is 19.3 Å². The van der Waals surface area contributed by atoms with Crippen LogP contribution < -0.4 is 5.32 Å². The van der Waals surface area contributed by atoms with E-state index < -0.39 is 0 Å². The maximum Gasteiger partial charge on any atom is 0.243 e. The van der Waals surface area contributed by atoms with Crippen LogP contribution in [0.3, 0.4) is 0 Å². The van der Waals surface area contributed by atoms with Gasteiger partial charge in [-0.25, -0.2) is 4.52 Å². The van der Waals surface area contributed by atoms with Crippen molar-refractivity contribution in [3.05, 3.63) is 23.4 Å². The second-order valence-corrected chi connectivity index (χ2v) is 5.45. The summed E-state index contributed by atoms with van der Waals surface area (Å²) in [6.45, 7) is 6.66. The molecule has 1 fully saturated rings. The smallest absolute Gasteiger partial charge is 0.243 e. The van der Waals surface area contributed by atoms with Crippen molar-refractivity contribution >= 4 is 23.2 Å². The van der Waals surface area contributed by atoms with Crippen LogP contribution in [0.1, 0.15) is 13.3 Å². The number of fused-ring (bicyclic) bond motifs is 1. The molecular formula is C13H18ClN5. The predicted octanol–water partition coefficient (Wildman–Crippen LogP) is 2.14. The van der Waals surface area contributed by atoms with Crippen molar-refractivity contribution in [2.75, 3.05) is 31.5 Å². The fourth-order valence-electron chi connectivity index (χ4n) is 2.54. The lowest BCUT2D eigenvalue weighted by Gasteiger charge is -2.12. The highest BCUT2D eigenvalue weighted by Gasteiger charge is 2.21. The van der Waals surface area contributed by atoms with Gasteiger partial charge in [0.2, 0.25) is 5.95 Å². The zero-order chi connectivity index (χ0) is 13.2. The van der Waals surface area contributed by atoms with E-state index in [1.54, 1.807) is 10.7 Å². The molecule has 0 bridgehead atoms. The summed E-state index contributed by atoms with van der Waals surface area (Å²) in [5, 5.41) is 8.36. The second kappa shape index (κ2) is 5.35. The van der Waals surface area contributed by atoms with Gasteiger partial charge in [0.25, 0.3) is 0 Å². The third-order valence-corrected chi connectivity index (χ3v) is 3.88. The molecule has 1 aliphatic heterocycles. The largest absolute Gasteiger partial charge is 0.353 e. The molecule has 0 saturated carbocycles. The number of hydrogen-bond donors (Lipinski definition) is 1. The first kappa shape index (κ1) is 12.7. The molecule has 1 unspecified atom stereocenters. The highest BCUT2D eigenvalue weighted by Crippen LogP contribution is 2.16. The lowest BCUT2D eigenvalue weighted by atomic mass is 10.1. The van der Waals surface area contributed by atoms with E-state index in [0.29, 0.717) is 16.9 Å². The summed E-state index contributed by atoms with van der Waals surface area (Å²) in [4.78, 5) is 6.90. The number of likely N-dealkylation sites (tertiary alicyclic amines) is 1. The number of halogens is 1. The monoisotopic (exact) mass is 279 g/mol. The normalized spacial score (nSPS) is 20.2. The zero-order valence-electron chi connectivity index (χ0n) is 11.0. The standard InChI is InChI=1S/C13H18ClN5/c1-2-18-6-5-10(8-18)7-15-13-16-12-4-3-11(14)9-19(12)17-13/h3-4,9-10H,2,5-8H2,1H3,(H,15,17). The van der Waals surface area contributed by atoms with Crippen LogP contribution in [0.5, 0.6) is 0 Å². The van der Waals surface area contributed by atoms with E-state index in [2.05, 4.69) is 27.2 Å².